The van der Waals surface area contributed by atoms with E-state index in [4.69, 9.17) is 10.5 Å². The molecule has 0 fully saturated rings. The summed E-state index contributed by atoms with van der Waals surface area (Å²) in [5.41, 5.74) is 7.49. The molecular weight excluding hydrogens is 252 g/mol. The van der Waals surface area contributed by atoms with Crippen LogP contribution in [0.15, 0.2) is 24.3 Å². The van der Waals surface area contributed by atoms with Gasteiger partial charge in [-0.1, -0.05) is 13.8 Å². The molecule has 0 saturated heterocycles. The minimum Gasteiger partial charge on any atom is -0.497 e. The van der Waals surface area contributed by atoms with Gasteiger partial charge in [-0.15, -0.1) is 0 Å². The fourth-order valence-corrected chi connectivity index (χ4v) is 2.11. The lowest BCUT2D eigenvalue weighted by molar-refractivity contribution is 0.415. The highest BCUT2D eigenvalue weighted by molar-refractivity contribution is 5.96. The van der Waals surface area contributed by atoms with Crippen LogP contribution in [0.1, 0.15) is 25.6 Å². The van der Waals surface area contributed by atoms with Gasteiger partial charge in [-0.05, 0) is 18.2 Å². The Morgan fingerprint density at radius 1 is 1.10 bits per heavy atom. The summed E-state index contributed by atoms with van der Waals surface area (Å²) in [6.45, 7) is 4.06. The lowest BCUT2D eigenvalue weighted by Gasteiger charge is -2.08. The molecule has 2 N–H and O–H groups in total. The molecule has 5 nitrogen and oxygen atoms in total. The molecule has 0 atom stereocenters. The number of fused-ring (bicyclic) bond motifs is 2. The molecule has 2 heterocycles. The van der Waals surface area contributed by atoms with Crippen molar-refractivity contribution in [2.75, 3.05) is 12.8 Å². The van der Waals surface area contributed by atoms with Crippen LogP contribution in [0, 0.1) is 0 Å². The third-order valence-corrected chi connectivity index (χ3v) is 3.25. The van der Waals surface area contributed by atoms with Gasteiger partial charge in [0.2, 0.25) is 0 Å². The minimum absolute atomic E-state index is 0.213. The molecule has 0 amide bonds. The van der Waals surface area contributed by atoms with Crippen LogP contribution in [0.4, 0.5) is 5.82 Å². The number of hydrogen-bond acceptors (Lipinski definition) is 5. The predicted molar refractivity (Wildman–Crippen MR) is 79.9 cm³/mol. The number of nitrogens with two attached hydrogens (primary N) is 1. The van der Waals surface area contributed by atoms with Gasteiger partial charge in [0.15, 0.2) is 5.65 Å². The molecule has 0 aliphatic rings. The highest BCUT2D eigenvalue weighted by Crippen LogP contribution is 2.26. The first-order valence-corrected chi connectivity index (χ1v) is 6.50. The quantitative estimate of drug-likeness (QED) is 0.723. The second-order valence-electron chi connectivity index (χ2n) is 5.04. The van der Waals surface area contributed by atoms with Gasteiger partial charge in [-0.3, -0.25) is 0 Å². The van der Waals surface area contributed by atoms with E-state index in [0.29, 0.717) is 17.3 Å². The van der Waals surface area contributed by atoms with Crippen molar-refractivity contribution in [3.63, 3.8) is 0 Å². The van der Waals surface area contributed by atoms with Gasteiger partial charge >= 0.3 is 0 Å². The standard InChI is InChI=1S/C15H16N4O/c1-8(2)14-18-13(16)11-6-9-4-5-10(20-3)7-12(9)17-15(11)19-14/h4-8H,1-3H3,(H2,16,17,18,19). The van der Waals surface area contributed by atoms with Crippen LogP contribution in [0.5, 0.6) is 5.75 Å². The number of benzene rings is 1. The zero-order chi connectivity index (χ0) is 14.3. The lowest BCUT2D eigenvalue weighted by Crippen LogP contribution is -2.03. The van der Waals surface area contributed by atoms with E-state index in [1.807, 2.05) is 38.1 Å². The predicted octanol–water partition coefficient (Wildman–Crippen LogP) is 2.89. The fraction of sp³-hybridized carbons (Fsp3) is 0.267. The molecule has 102 valence electrons. The molecule has 3 rings (SSSR count). The maximum atomic E-state index is 6.03. The van der Waals surface area contributed by atoms with E-state index in [1.54, 1.807) is 7.11 Å². The van der Waals surface area contributed by atoms with Crippen LogP contribution in [-0.2, 0) is 0 Å². The van der Waals surface area contributed by atoms with Crippen molar-refractivity contribution >= 4 is 27.8 Å². The Labute approximate surface area is 116 Å². The van der Waals surface area contributed by atoms with Crippen LogP contribution < -0.4 is 10.5 Å². The normalized spacial score (nSPS) is 11.4. The molecule has 0 aliphatic heterocycles. The number of nitrogens with zero attached hydrogens (tertiary/aromatic N) is 3. The number of rotatable bonds is 2. The number of anilines is 1. The zero-order valence-electron chi connectivity index (χ0n) is 11.7. The molecule has 20 heavy (non-hydrogen) atoms. The Morgan fingerprint density at radius 2 is 1.90 bits per heavy atom. The average Bonchev–Trinajstić information content (AvgIpc) is 2.44. The van der Waals surface area contributed by atoms with Crippen LogP contribution in [0.3, 0.4) is 0 Å². The highest BCUT2D eigenvalue weighted by atomic mass is 16.5. The van der Waals surface area contributed by atoms with E-state index < -0.39 is 0 Å². The van der Waals surface area contributed by atoms with Crippen molar-refractivity contribution in [2.45, 2.75) is 19.8 Å². The van der Waals surface area contributed by atoms with Gasteiger partial charge in [-0.2, -0.15) is 0 Å². The van der Waals surface area contributed by atoms with Gasteiger partial charge in [0.05, 0.1) is 18.0 Å². The second-order valence-corrected chi connectivity index (χ2v) is 5.04. The van der Waals surface area contributed by atoms with Gasteiger partial charge < -0.3 is 10.5 Å². The fourth-order valence-electron chi connectivity index (χ4n) is 2.11. The highest BCUT2D eigenvalue weighted by Gasteiger charge is 2.10. The van der Waals surface area contributed by atoms with Crippen LogP contribution in [-0.4, -0.2) is 22.1 Å². The minimum atomic E-state index is 0.213. The summed E-state index contributed by atoms with van der Waals surface area (Å²) < 4.78 is 5.22. The Bertz CT molecular complexity index is 799. The summed E-state index contributed by atoms with van der Waals surface area (Å²) in [5, 5.41) is 1.78. The van der Waals surface area contributed by atoms with Crippen molar-refractivity contribution in [3.05, 3.63) is 30.1 Å². The van der Waals surface area contributed by atoms with E-state index in [0.717, 1.165) is 22.0 Å². The Morgan fingerprint density at radius 3 is 2.60 bits per heavy atom. The van der Waals surface area contributed by atoms with Crippen LogP contribution >= 0.6 is 0 Å². The number of aromatic nitrogens is 3. The Balaban J connectivity index is 2.32. The summed E-state index contributed by atoms with van der Waals surface area (Å²) in [6.07, 6.45) is 0. The van der Waals surface area contributed by atoms with Gasteiger partial charge in [-0.25, -0.2) is 15.0 Å². The first-order chi connectivity index (χ1) is 9.58. The third-order valence-electron chi connectivity index (χ3n) is 3.25. The topological polar surface area (TPSA) is 73.9 Å². The Kier molecular flexibility index (Phi) is 2.89. The average molecular weight is 268 g/mol. The van der Waals surface area contributed by atoms with E-state index in [2.05, 4.69) is 15.0 Å². The molecule has 2 aromatic heterocycles. The summed E-state index contributed by atoms with van der Waals surface area (Å²) in [5.74, 6) is 2.17. The number of methoxy groups -OCH3 is 1. The van der Waals surface area contributed by atoms with Gasteiger partial charge in [0, 0.05) is 17.4 Å². The number of ether oxygens (including phenoxy) is 1. The van der Waals surface area contributed by atoms with Crippen molar-refractivity contribution < 1.29 is 4.74 Å². The molecule has 0 spiro atoms. The van der Waals surface area contributed by atoms with Crippen molar-refractivity contribution in [1.29, 1.82) is 0 Å². The first-order valence-electron chi connectivity index (χ1n) is 6.50. The van der Waals surface area contributed by atoms with Gasteiger partial charge in [0.1, 0.15) is 17.4 Å². The summed E-state index contributed by atoms with van der Waals surface area (Å²) in [7, 11) is 1.64. The zero-order valence-corrected chi connectivity index (χ0v) is 11.7. The number of pyridine rings is 1. The van der Waals surface area contributed by atoms with Gasteiger partial charge in [0.25, 0.3) is 0 Å². The monoisotopic (exact) mass is 268 g/mol. The van der Waals surface area contributed by atoms with Crippen LogP contribution in [0.2, 0.25) is 0 Å². The largest absolute Gasteiger partial charge is 0.497 e. The maximum absolute atomic E-state index is 6.03. The summed E-state index contributed by atoms with van der Waals surface area (Å²) >= 11 is 0. The molecule has 0 bridgehead atoms. The molecule has 0 radical (unpaired) electrons. The van der Waals surface area contributed by atoms with E-state index in [-0.39, 0.29) is 5.92 Å². The number of nitrogen functional groups attached to an aromatic ring is 1. The van der Waals surface area contributed by atoms with E-state index in [1.165, 1.54) is 0 Å². The van der Waals surface area contributed by atoms with Crippen molar-refractivity contribution in [2.24, 2.45) is 0 Å². The summed E-state index contributed by atoms with van der Waals surface area (Å²) in [6, 6.07) is 7.71. The molecule has 0 aliphatic carbocycles. The van der Waals surface area contributed by atoms with E-state index in [9.17, 15) is 0 Å². The number of hydrogen-bond donors (Lipinski definition) is 1. The van der Waals surface area contributed by atoms with Crippen molar-refractivity contribution in [3.8, 4) is 5.75 Å². The lowest BCUT2D eigenvalue weighted by atomic mass is 10.1. The molecule has 1 aromatic carbocycles. The first kappa shape index (κ1) is 12.6. The second kappa shape index (κ2) is 4.59. The SMILES string of the molecule is COc1ccc2cc3c(N)nc(C(C)C)nc3nc2c1. The molecule has 3 aromatic rings. The van der Waals surface area contributed by atoms with Crippen molar-refractivity contribution in [1.82, 2.24) is 15.0 Å². The molecule has 5 heteroatoms. The molecule has 0 unspecified atom stereocenters. The van der Waals surface area contributed by atoms with E-state index >= 15 is 0 Å². The van der Waals surface area contributed by atoms with Crippen LogP contribution in [0.25, 0.3) is 21.9 Å². The molecular formula is C15H16N4O. The third kappa shape index (κ3) is 2.01. The smallest absolute Gasteiger partial charge is 0.165 e. The maximum Gasteiger partial charge on any atom is 0.165 e. The Hall–Kier alpha value is -2.43. The summed E-state index contributed by atoms with van der Waals surface area (Å²) in [4.78, 5) is 13.4. The molecule has 0 saturated carbocycles.